The van der Waals surface area contributed by atoms with E-state index in [-0.39, 0.29) is 0 Å². The fourth-order valence-electron chi connectivity index (χ4n) is 4.95. The maximum absolute atomic E-state index is 12.3. The van der Waals surface area contributed by atoms with Crippen LogP contribution in [0.3, 0.4) is 0 Å². The summed E-state index contributed by atoms with van der Waals surface area (Å²) in [5, 5.41) is 10.0. The van der Waals surface area contributed by atoms with Gasteiger partial charge in [-0.15, -0.1) is 0 Å². The van der Waals surface area contributed by atoms with Crippen LogP contribution in [-0.2, 0) is 24.1 Å². The SMILES string of the molecule is CCCc1cc(-n2c(CC)nc3c(C)c(C)c(C)nc32)cc(CCC)c1OC(C(=O)O)c1ccccc1. The summed E-state index contributed by atoms with van der Waals surface area (Å²) in [4.78, 5) is 22.2. The molecule has 0 saturated carbocycles. The van der Waals surface area contributed by atoms with E-state index < -0.39 is 12.1 Å². The van der Waals surface area contributed by atoms with Gasteiger partial charge in [0.05, 0.1) is 0 Å². The van der Waals surface area contributed by atoms with Crippen LogP contribution in [0.5, 0.6) is 5.75 Å². The zero-order valence-corrected chi connectivity index (χ0v) is 22.8. The number of carboxylic acid groups (broad SMARTS) is 1. The molecule has 1 unspecified atom stereocenters. The molecule has 0 bridgehead atoms. The number of rotatable bonds is 10. The minimum atomic E-state index is -1.08. The number of benzene rings is 2. The Bertz CT molecular complexity index is 1400. The lowest BCUT2D eigenvalue weighted by molar-refractivity contribution is -0.145. The van der Waals surface area contributed by atoms with Crippen LogP contribution < -0.4 is 4.74 Å². The number of aryl methyl sites for hydroxylation is 5. The number of carbonyl (C=O) groups is 1. The van der Waals surface area contributed by atoms with Crippen molar-refractivity contribution >= 4 is 17.1 Å². The van der Waals surface area contributed by atoms with E-state index in [1.54, 1.807) is 12.1 Å². The highest BCUT2D eigenvalue weighted by atomic mass is 16.5. The number of imidazole rings is 1. The number of ether oxygens (including phenoxy) is 1. The van der Waals surface area contributed by atoms with Crippen LogP contribution in [0.15, 0.2) is 42.5 Å². The van der Waals surface area contributed by atoms with Gasteiger partial charge >= 0.3 is 5.97 Å². The van der Waals surface area contributed by atoms with E-state index in [2.05, 4.69) is 51.3 Å². The van der Waals surface area contributed by atoms with Gasteiger partial charge in [0.25, 0.3) is 0 Å². The van der Waals surface area contributed by atoms with Gasteiger partial charge in [0.15, 0.2) is 5.65 Å². The van der Waals surface area contributed by atoms with Crippen molar-refractivity contribution in [3.05, 3.63) is 81.8 Å². The fourth-order valence-corrected chi connectivity index (χ4v) is 4.95. The second-order valence-electron chi connectivity index (χ2n) is 9.68. The first-order valence-electron chi connectivity index (χ1n) is 13.3. The lowest BCUT2D eigenvalue weighted by Crippen LogP contribution is -2.20. The molecule has 0 saturated heterocycles. The van der Waals surface area contributed by atoms with Gasteiger partial charge in [0, 0.05) is 23.4 Å². The molecule has 2 heterocycles. The Kier molecular flexibility index (Phi) is 7.96. The van der Waals surface area contributed by atoms with E-state index in [4.69, 9.17) is 14.7 Å². The Morgan fingerprint density at radius 3 is 2.11 bits per heavy atom. The first-order valence-corrected chi connectivity index (χ1v) is 13.3. The zero-order valence-electron chi connectivity index (χ0n) is 22.8. The van der Waals surface area contributed by atoms with Crippen LogP contribution in [0, 0.1) is 20.8 Å². The van der Waals surface area contributed by atoms with E-state index in [9.17, 15) is 9.90 Å². The van der Waals surface area contributed by atoms with Gasteiger partial charge in [0.2, 0.25) is 6.10 Å². The summed E-state index contributed by atoms with van der Waals surface area (Å²) in [6, 6.07) is 13.4. The summed E-state index contributed by atoms with van der Waals surface area (Å²) in [5.74, 6) is 0.642. The van der Waals surface area contributed by atoms with Crippen molar-refractivity contribution < 1.29 is 14.6 Å². The molecule has 0 radical (unpaired) electrons. The minimum Gasteiger partial charge on any atom is -0.478 e. The molecule has 4 aromatic rings. The zero-order chi connectivity index (χ0) is 26.7. The van der Waals surface area contributed by atoms with E-state index in [0.29, 0.717) is 11.3 Å². The third-order valence-corrected chi connectivity index (χ3v) is 7.06. The summed E-state index contributed by atoms with van der Waals surface area (Å²) in [7, 11) is 0. The summed E-state index contributed by atoms with van der Waals surface area (Å²) >= 11 is 0. The van der Waals surface area contributed by atoms with Gasteiger partial charge in [-0.25, -0.2) is 14.8 Å². The summed E-state index contributed by atoms with van der Waals surface area (Å²) < 4.78 is 8.53. The average Bonchev–Trinajstić information content (AvgIpc) is 3.26. The molecule has 2 aromatic carbocycles. The molecular weight excluding hydrogens is 462 g/mol. The fraction of sp³-hybridized carbons (Fsp3) is 0.387. The van der Waals surface area contributed by atoms with Crippen molar-refractivity contribution in [2.24, 2.45) is 0 Å². The minimum absolute atomic E-state index is 0.628. The van der Waals surface area contributed by atoms with Crippen molar-refractivity contribution in [1.29, 1.82) is 0 Å². The average molecular weight is 500 g/mol. The van der Waals surface area contributed by atoms with Crippen molar-refractivity contribution in [2.75, 3.05) is 0 Å². The first-order chi connectivity index (χ1) is 17.8. The van der Waals surface area contributed by atoms with Gasteiger partial charge < -0.3 is 9.84 Å². The van der Waals surface area contributed by atoms with Crippen LogP contribution in [-0.4, -0.2) is 25.6 Å². The summed E-state index contributed by atoms with van der Waals surface area (Å²) in [6.07, 6.45) is 3.08. The number of hydrogen-bond acceptors (Lipinski definition) is 4. The van der Waals surface area contributed by atoms with Crippen LogP contribution in [0.1, 0.15) is 79.1 Å². The number of fused-ring (bicyclic) bond motifs is 1. The summed E-state index contributed by atoms with van der Waals surface area (Å²) in [5.41, 5.74) is 8.78. The number of carboxylic acids is 1. The smallest absolute Gasteiger partial charge is 0.349 e. The number of aromatic nitrogens is 3. The highest BCUT2D eigenvalue weighted by molar-refractivity contribution is 5.80. The molecule has 6 nitrogen and oxygen atoms in total. The molecular formula is C31H37N3O3. The third-order valence-electron chi connectivity index (χ3n) is 7.06. The molecule has 0 fully saturated rings. The summed E-state index contributed by atoms with van der Waals surface area (Å²) in [6.45, 7) is 12.6. The molecule has 1 N–H and O–H groups in total. The number of hydrogen-bond donors (Lipinski definition) is 1. The maximum atomic E-state index is 12.3. The molecule has 194 valence electrons. The molecule has 0 aliphatic rings. The predicted octanol–water partition coefficient (Wildman–Crippen LogP) is 7.02. The molecule has 0 amide bonds. The lowest BCUT2D eigenvalue weighted by Gasteiger charge is -2.22. The van der Waals surface area contributed by atoms with Crippen LogP contribution >= 0.6 is 0 Å². The lowest BCUT2D eigenvalue weighted by atomic mass is 9.99. The monoisotopic (exact) mass is 499 g/mol. The quantitative estimate of drug-likeness (QED) is 0.254. The van der Waals surface area contributed by atoms with E-state index in [0.717, 1.165) is 77.2 Å². The molecule has 37 heavy (non-hydrogen) atoms. The first kappa shape index (κ1) is 26.4. The molecule has 4 rings (SSSR count). The molecule has 0 spiro atoms. The Hall–Kier alpha value is -3.67. The topological polar surface area (TPSA) is 77.2 Å². The van der Waals surface area contributed by atoms with Gasteiger partial charge in [-0.1, -0.05) is 63.9 Å². The maximum Gasteiger partial charge on any atom is 0.349 e. The number of nitrogens with zero attached hydrogens (tertiary/aromatic N) is 3. The Labute approximate surface area is 219 Å². The number of aliphatic carboxylic acids is 1. The predicted molar refractivity (Wildman–Crippen MR) is 148 cm³/mol. The van der Waals surface area contributed by atoms with Gasteiger partial charge in [0.1, 0.15) is 17.1 Å². The Balaban J connectivity index is 1.94. The highest BCUT2D eigenvalue weighted by Gasteiger charge is 2.26. The molecule has 2 aromatic heterocycles. The van der Waals surface area contributed by atoms with Crippen LogP contribution in [0.25, 0.3) is 16.9 Å². The molecule has 0 aliphatic carbocycles. The Morgan fingerprint density at radius 2 is 1.57 bits per heavy atom. The largest absolute Gasteiger partial charge is 0.478 e. The van der Waals surface area contributed by atoms with Gasteiger partial charge in [-0.2, -0.15) is 0 Å². The van der Waals surface area contributed by atoms with Crippen LogP contribution in [0.2, 0.25) is 0 Å². The van der Waals surface area contributed by atoms with Crippen molar-refractivity contribution in [3.8, 4) is 11.4 Å². The second kappa shape index (κ2) is 11.2. The third kappa shape index (κ3) is 5.10. The standard InChI is InChI=1S/C31H37N3O3/c1-7-13-23-17-25(34-26(9-3)33-27-20(5)19(4)21(6)32-30(27)34)18-24(14-8-2)28(23)37-29(31(35)36)22-15-11-10-12-16-22/h10-12,15-18,29H,7-9,13-14H2,1-6H3,(H,35,36). The van der Waals surface area contributed by atoms with E-state index in [1.165, 1.54) is 5.56 Å². The van der Waals surface area contributed by atoms with Crippen LogP contribution in [0.4, 0.5) is 0 Å². The van der Waals surface area contributed by atoms with Crippen molar-refractivity contribution in [2.45, 2.75) is 79.8 Å². The highest BCUT2D eigenvalue weighted by Crippen LogP contribution is 2.36. The number of pyridine rings is 1. The van der Waals surface area contributed by atoms with Crippen molar-refractivity contribution in [3.63, 3.8) is 0 Å². The van der Waals surface area contributed by atoms with Gasteiger partial charge in [-0.3, -0.25) is 4.57 Å². The normalized spacial score (nSPS) is 12.2. The van der Waals surface area contributed by atoms with E-state index in [1.807, 2.05) is 25.1 Å². The molecule has 0 aliphatic heterocycles. The van der Waals surface area contributed by atoms with Crippen molar-refractivity contribution in [1.82, 2.24) is 14.5 Å². The van der Waals surface area contributed by atoms with E-state index >= 15 is 0 Å². The molecule has 6 heteroatoms. The van der Waals surface area contributed by atoms with Gasteiger partial charge in [-0.05, 0) is 68.0 Å². The second-order valence-corrected chi connectivity index (χ2v) is 9.68. The molecule has 1 atom stereocenters. The Morgan fingerprint density at radius 1 is 0.946 bits per heavy atom.